The molecule has 0 saturated heterocycles. The predicted molar refractivity (Wildman–Crippen MR) is 71.9 cm³/mol. The van der Waals surface area contributed by atoms with E-state index < -0.39 is 0 Å². The lowest BCUT2D eigenvalue weighted by Gasteiger charge is -2.07. The maximum Gasteiger partial charge on any atom is 0.193 e. The molecule has 0 saturated carbocycles. The van der Waals surface area contributed by atoms with E-state index in [1.54, 1.807) is 50.2 Å². The fraction of sp³-hybridized carbons (Fsp3) is 0.133. The van der Waals surface area contributed by atoms with Crippen LogP contribution in [0.25, 0.3) is 0 Å². The van der Waals surface area contributed by atoms with E-state index in [2.05, 4.69) is 0 Å². The van der Waals surface area contributed by atoms with Crippen molar-refractivity contribution in [1.82, 2.24) is 0 Å². The Morgan fingerprint density at radius 3 is 2.22 bits per heavy atom. The van der Waals surface area contributed by atoms with Crippen LogP contribution in [-0.2, 0) is 0 Å². The van der Waals surface area contributed by atoms with Crippen molar-refractivity contribution in [1.29, 1.82) is 0 Å². The third-order valence-electron chi connectivity index (χ3n) is 2.90. The maximum absolute atomic E-state index is 12.3. The smallest absolute Gasteiger partial charge is 0.193 e. The van der Waals surface area contributed by atoms with Crippen molar-refractivity contribution in [3.05, 3.63) is 58.7 Å². The molecule has 0 aliphatic rings. The second kappa shape index (κ2) is 4.53. The first-order valence-corrected chi connectivity index (χ1v) is 5.69. The van der Waals surface area contributed by atoms with Crippen LogP contribution in [0, 0.1) is 13.8 Å². The van der Waals surface area contributed by atoms with Crippen LogP contribution in [0.1, 0.15) is 27.0 Å². The molecule has 3 nitrogen and oxygen atoms in total. The van der Waals surface area contributed by atoms with E-state index in [0.29, 0.717) is 27.9 Å². The number of aromatic hydroxyl groups is 1. The number of phenols is 1. The molecule has 3 N–H and O–H groups in total. The van der Waals surface area contributed by atoms with Gasteiger partial charge in [0.15, 0.2) is 5.78 Å². The fourth-order valence-electron chi connectivity index (χ4n) is 1.93. The van der Waals surface area contributed by atoms with Gasteiger partial charge in [-0.15, -0.1) is 0 Å². The second-order valence-electron chi connectivity index (χ2n) is 4.41. The number of hydrogen-bond donors (Lipinski definition) is 2. The van der Waals surface area contributed by atoms with Gasteiger partial charge in [0.1, 0.15) is 5.75 Å². The largest absolute Gasteiger partial charge is 0.507 e. The van der Waals surface area contributed by atoms with Gasteiger partial charge in [-0.2, -0.15) is 0 Å². The average Bonchev–Trinajstić information content (AvgIpc) is 2.34. The number of phenolic OH excluding ortho intramolecular Hbond substituents is 1. The highest BCUT2D eigenvalue weighted by molar-refractivity contribution is 6.09. The van der Waals surface area contributed by atoms with Crippen LogP contribution in [0.5, 0.6) is 5.75 Å². The molecular formula is C15H15NO2. The van der Waals surface area contributed by atoms with Crippen LogP contribution in [0.4, 0.5) is 5.69 Å². The van der Waals surface area contributed by atoms with Crippen molar-refractivity contribution < 1.29 is 9.90 Å². The Morgan fingerprint density at radius 1 is 1.06 bits per heavy atom. The van der Waals surface area contributed by atoms with Crippen molar-refractivity contribution in [3.63, 3.8) is 0 Å². The minimum absolute atomic E-state index is 0.0894. The monoisotopic (exact) mass is 241 g/mol. The summed E-state index contributed by atoms with van der Waals surface area (Å²) in [5.74, 6) is 0.146. The van der Waals surface area contributed by atoms with E-state index in [-0.39, 0.29) is 11.5 Å². The molecule has 0 atom stereocenters. The van der Waals surface area contributed by atoms with Crippen LogP contribution >= 0.6 is 0 Å². The van der Waals surface area contributed by atoms with E-state index in [1.807, 2.05) is 0 Å². The summed E-state index contributed by atoms with van der Waals surface area (Å²) in [5.41, 5.74) is 8.74. The molecule has 2 aromatic carbocycles. The van der Waals surface area contributed by atoms with Crippen LogP contribution in [0.2, 0.25) is 0 Å². The summed E-state index contributed by atoms with van der Waals surface area (Å²) in [7, 11) is 0. The average molecular weight is 241 g/mol. The maximum atomic E-state index is 12.3. The van der Waals surface area contributed by atoms with Gasteiger partial charge < -0.3 is 10.8 Å². The standard InChI is InChI=1S/C15H15NO2/c1-9-6-12(7-10(2)14(9)17)15(18)11-4-3-5-13(16)8-11/h3-8,17H,16H2,1-2H3. The number of carbonyl (C=O) groups excluding carboxylic acids is 1. The van der Waals surface area contributed by atoms with Crippen molar-refractivity contribution in [3.8, 4) is 5.75 Å². The van der Waals surface area contributed by atoms with E-state index in [4.69, 9.17) is 5.73 Å². The Labute approximate surface area is 106 Å². The van der Waals surface area contributed by atoms with Crippen LogP contribution in [0.15, 0.2) is 36.4 Å². The minimum atomic E-state index is -0.0894. The van der Waals surface area contributed by atoms with Crippen molar-refractivity contribution >= 4 is 11.5 Å². The van der Waals surface area contributed by atoms with E-state index in [1.165, 1.54) is 0 Å². The first-order valence-electron chi connectivity index (χ1n) is 5.69. The summed E-state index contributed by atoms with van der Waals surface area (Å²) in [6.45, 7) is 3.55. The lowest BCUT2D eigenvalue weighted by Crippen LogP contribution is -2.03. The Morgan fingerprint density at radius 2 is 1.67 bits per heavy atom. The summed E-state index contributed by atoms with van der Waals surface area (Å²) < 4.78 is 0. The zero-order chi connectivity index (χ0) is 13.3. The summed E-state index contributed by atoms with van der Waals surface area (Å²) in [5, 5.41) is 9.70. The fourth-order valence-corrected chi connectivity index (χ4v) is 1.93. The normalized spacial score (nSPS) is 10.3. The number of aryl methyl sites for hydroxylation is 2. The summed E-state index contributed by atoms with van der Waals surface area (Å²) in [4.78, 5) is 12.3. The molecule has 0 heterocycles. The lowest BCUT2D eigenvalue weighted by atomic mass is 9.98. The third-order valence-corrected chi connectivity index (χ3v) is 2.90. The number of nitrogens with two attached hydrogens (primary N) is 1. The van der Waals surface area contributed by atoms with Crippen molar-refractivity contribution in [2.45, 2.75) is 13.8 Å². The molecule has 2 rings (SSSR count). The number of nitrogen functional groups attached to an aromatic ring is 1. The molecule has 0 aliphatic heterocycles. The first kappa shape index (κ1) is 12.2. The molecule has 18 heavy (non-hydrogen) atoms. The SMILES string of the molecule is Cc1cc(C(=O)c2cccc(N)c2)cc(C)c1O. The molecule has 0 unspecified atom stereocenters. The Kier molecular flexibility index (Phi) is 3.06. The predicted octanol–water partition coefficient (Wildman–Crippen LogP) is 2.82. The second-order valence-corrected chi connectivity index (χ2v) is 4.41. The highest BCUT2D eigenvalue weighted by Crippen LogP contribution is 2.24. The van der Waals surface area contributed by atoms with Gasteiger partial charge in [0, 0.05) is 16.8 Å². The topological polar surface area (TPSA) is 63.3 Å². The third kappa shape index (κ3) is 2.20. The van der Waals surface area contributed by atoms with Gasteiger partial charge in [-0.25, -0.2) is 0 Å². The van der Waals surface area contributed by atoms with Gasteiger partial charge in [0.2, 0.25) is 0 Å². The summed E-state index contributed by atoms with van der Waals surface area (Å²) >= 11 is 0. The summed E-state index contributed by atoms with van der Waals surface area (Å²) in [6.07, 6.45) is 0. The number of rotatable bonds is 2. The lowest BCUT2D eigenvalue weighted by molar-refractivity contribution is 0.103. The Bertz CT molecular complexity index is 595. The number of carbonyl (C=O) groups is 1. The molecule has 0 aromatic heterocycles. The van der Waals surface area contributed by atoms with Crippen LogP contribution < -0.4 is 5.73 Å². The van der Waals surface area contributed by atoms with Crippen molar-refractivity contribution in [2.24, 2.45) is 0 Å². The van der Waals surface area contributed by atoms with Gasteiger partial charge >= 0.3 is 0 Å². The van der Waals surface area contributed by atoms with Gasteiger partial charge in [-0.3, -0.25) is 4.79 Å². The zero-order valence-electron chi connectivity index (χ0n) is 10.4. The molecule has 0 spiro atoms. The number of benzene rings is 2. The summed E-state index contributed by atoms with van der Waals surface area (Å²) in [6, 6.07) is 10.3. The van der Waals surface area contributed by atoms with Crippen LogP contribution in [0.3, 0.4) is 0 Å². The van der Waals surface area contributed by atoms with Gasteiger partial charge in [0.05, 0.1) is 0 Å². The molecule has 0 aliphatic carbocycles. The van der Waals surface area contributed by atoms with E-state index in [0.717, 1.165) is 0 Å². The van der Waals surface area contributed by atoms with Crippen LogP contribution in [-0.4, -0.2) is 10.9 Å². The molecule has 0 amide bonds. The highest BCUT2D eigenvalue weighted by atomic mass is 16.3. The quantitative estimate of drug-likeness (QED) is 0.627. The molecule has 0 radical (unpaired) electrons. The van der Waals surface area contributed by atoms with Gasteiger partial charge in [0.25, 0.3) is 0 Å². The first-order chi connectivity index (χ1) is 8.49. The zero-order valence-corrected chi connectivity index (χ0v) is 10.4. The number of ketones is 1. The number of hydrogen-bond acceptors (Lipinski definition) is 3. The molecule has 92 valence electrons. The van der Waals surface area contributed by atoms with Gasteiger partial charge in [-0.05, 0) is 49.2 Å². The van der Waals surface area contributed by atoms with E-state index in [9.17, 15) is 9.90 Å². The molecule has 0 fully saturated rings. The Balaban J connectivity index is 2.47. The van der Waals surface area contributed by atoms with Gasteiger partial charge in [-0.1, -0.05) is 12.1 Å². The van der Waals surface area contributed by atoms with Crippen molar-refractivity contribution in [2.75, 3.05) is 5.73 Å². The minimum Gasteiger partial charge on any atom is -0.507 e. The van der Waals surface area contributed by atoms with E-state index >= 15 is 0 Å². The molecular weight excluding hydrogens is 226 g/mol. The molecule has 3 heteroatoms. The number of anilines is 1. The molecule has 0 bridgehead atoms. The highest BCUT2D eigenvalue weighted by Gasteiger charge is 2.12. The Hall–Kier alpha value is -2.29. The molecule has 2 aromatic rings.